The van der Waals surface area contributed by atoms with Crippen LogP contribution in [0.4, 0.5) is 0 Å². The molecule has 0 aliphatic carbocycles. The third-order valence-corrected chi connectivity index (χ3v) is 6.16. The Kier molecular flexibility index (Phi) is 5.98. The molecule has 0 saturated heterocycles. The molecule has 3 aromatic rings. The molecule has 2 aromatic heterocycles. The molecule has 0 bridgehead atoms. The average Bonchev–Trinajstić information content (AvgIpc) is 3.34. The van der Waals surface area contributed by atoms with E-state index in [2.05, 4.69) is 10.3 Å². The van der Waals surface area contributed by atoms with Gasteiger partial charge in [-0.3, -0.25) is 4.79 Å². The van der Waals surface area contributed by atoms with Crippen LogP contribution in [0.5, 0.6) is 17.2 Å². The van der Waals surface area contributed by atoms with Gasteiger partial charge in [-0.2, -0.15) is 0 Å². The van der Waals surface area contributed by atoms with Crippen molar-refractivity contribution in [3.05, 3.63) is 45.8 Å². The van der Waals surface area contributed by atoms with Gasteiger partial charge in [0.15, 0.2) is 11.5 Å². The third kappa shape index (κ3) is 4.06. The number of methoxy groups -OCH3 is 3. The minimum absolute atomic E-state index is 0.162. The topological polar surface area (TPSA) is 69.7 Å². The summed E-state index contributed by atoms with van der Waals surface area (Å²) < 4.78 is 16.0. The van der Waals surface area contributed by atoms with E-state index in [1.165, 1.54) is 11.3 Å². The molecule has 142 valence electrons. The second-order valence-electron chi connectivity index (χ2n) is 5.61. The Morgan fingerprint density at radius 3 is 2.44 bits per heavy atom. The number of rotatable bonds is 7. The molecule has 0 unspecified atom stereocenters. The minimum Gasteiger partial charge on any atom is -0.496 e. The van der Waals surface area contributed by atoms with Gasteiger partial charge in [0.2, 0.25) is 0 Å². The van der Waals surface area contributed by atoms with Crippen molar-refractivity contribution in [1.29, 1.82) is 0 Å². The van der Waals surface area contributed by atoms with E-state index >= 15 is 0 Å². The zero-order chi connectivity index (χ0) is 19.4. The van der Waals surface area contributed by atoms with E-state index < -0.39 is 0 Å². The maximum atomic E-state index is 12.7. The molecule has 0 spiro atoms. The van der Waals surface area contributed by atoms with Crippen LogP contribution in [-0.2, 0) is 6.54 Å². The van der Waals surface area contributed by atoms with Crippen LogP contribution in [0.3, 0.4) is 0 Å². The lowest BCUT2D eigenvalue weighted by Crippen LogP contribution is -2.23. The second-order valence-corrected chi connectivity index (χ2v) is 7.56. The molecule has 8 heteroatoms. The Morgan fingerprint density at radius 2 is 1.81 bits per heavy atom. The highest BCUT2D eigenvalue weighted by Crippen LogP contribution is 2.35. The quantitative estimate of drug-likeness (QED) is 0.641. The first kappa shape index (κ1) is 19.2. The van der Waals surface area contributed by atoms with Gasteiger partial charge in [0, 0.05) is 18.2 Å². The maximum absolute atomic E-state index is 12.7. The maximum Gasteiger partial charge on any atom is 0.263 e. The SMILES string of the molecule is COc1cc(OC)c(OC)cc1CNC(=O)c1sc(-c2cccs2)nc1C. The van der Waals surface area contributed by atoms with E-state index in [1.54, 1.807) is 44.8 Å². The Balaban J connectivity index is 1.78. The number of ether oxygens (including phenoxy) is 3. The number of carbonyl (C=O) groups excluding carboxylic acids is 1. The normalized spacial score (nSPS) is 10.5. The predicted octanol–water partition coefficient (Wildman–Crippen LogP) is 4.14. The molecule has 0 fully saturated rings. The van der Waals surface area contributed by atoms with Gasteiger partial charge in [0.1, 0.15) is 15.6 Å². The highest BCUT2D eigenvalue weighted by molar-refractivity contribution is 7.22. The van der Waals surface area contributed by atoms with E-state index in [0.717, 1.165) is 21.1 Å². The van der Waals surface area contributed by atoms with Gasteiger partial charge in [-0.25, -0.2) is 4.98 Å². The van der Waals surface area contributed by atoms with E-state index in [-0.39, 0.29) is 5.91 Å². The number of thiazole rings is 1. The lowest BCUT2D eigenvalue weighted by atomic mass is 10.1. The summed E-state index contributed by atoms with van der Waals surface area (Å²) in [5.41, 5.74) is 1.52. The van der Waals surface area contributed by atoms with Crippen LogP contribution in [-0.4, -0.2) is 32.2 Å². The van der Waals surface area contributed by atoms with Gasteiger partial charge >= 0.3 is 0 Å². The minimum atomic E-state index is -0.162. The number of hydrogen-bond acceptors (Lipinski definition) is 7. The predicted molar refractivity (Wildman–Crippen MR) is 107 cm³/mol. The molecule has 1 amide bonds. The Hall–Kier alpha value is -2.58. The molecule has 1 aromatic carbocycles. The summed E-state index contributed by atoms with van der Waals surface area (Å²) in [6, 6.07) is 7.51. The van der Waals surface area contributed by atoms with Crippen LogP contribution in [0.2, 0.25) is 0 Å². The van der Waals surface area contributed by atoms with E-state index in [4.69, 9.17) is 14.2 Å². The van der Waals surface area contributed by atoms with E-state index in [9.17, 15) is 4.79 Å². The summed E-state index contributed by atoms with van der Waals surface area (Å²) in [5, 5.41) is 5.79. The molecular weight excluding hydrogens is 384 g/mol. The molecule has 0 aliphatic rings. The van der Waals surface area contributed by atoms with Crippen molar-refractivity contribution < 1.29 is 19.0 Å². The standard InChI is InChI=1S/C19H20N2O4S2/c1-11-17(27-19(21-11)16-6-5-7-26-16)18(22)20-10-12-8-14(24-3)15(25-4)9-13(12)23-2/h5-9H,10H2,1-4H3,(H,20,22). The number of nitrogens with one attached hydrogen (secondary N) is 1. The first-order valence-electron chi connectivity index (χ1n) is 8.15. The Bertz CT molecular complexity index is 936. The van der Waals surface area contributed by atoms with Gasteiger partial charge in [0.25, 0.3) is 5.91 Å². The zero-order valence-corrected chi connectivity index (χ0v) is 17.1. The molecular formula is C19H20N2O4S2. The number of nitrogens with zero attached hydrogens (tertiary/aromatic N) is 1. The number of hydrogen-bond donors (Lipinski definition) is 1. The summed E-state index contributed by atoms with van der Waals surface area (Å²) in [6.07, 6.45) is 0. The van der Waals surface area contributed by atoms with Crippen LogP contribution in [0.1, 0.15) is 20.9 Å². The van der Waals surface area contributed by atoms with Crippen molar-refractivity contribution >= 4 is 28.6 Å². The number of aromatic nitrogens is 1. The summed E-state index contributed by atoms with van der Waals surface area (Å²) >= 11 is 3.00. The van der Waals surface area contributed by atoms with Gasteiger partial charge < -0.3 is 19.5 Å². The van der Waals surface area contributed by atoms with Crippen LogP contribution < -0.4 is 19.5 Å². The molecule has 6 nitrogen and oxygen atoms in total. The van der Waals surface area contributed by atoms with Crippen LogP contribution in [0.25, 0.3) is 9.88 Å². The Morgan fingerprint density at radius 1 is 1.11 bits per heavy atom. The fraction of sp³-hybridized carbons (Fsp3) is 0.263. The highest BCUT2D eigenvalue weighted by atomic mass is 32.1. The van der Waals surface area contributed by atoms with Gasteiger partial charge in [0.05, 0.1) is 31.9 Å². The number of amides is 1. The third-order valence-electron chi connectivity index (χ3n) is 3.96. The molecule has 3 rings (SSSR count). The summed E-state index contributed by atoms with van der Waals surface area (Å²) in [5.74, 6) is 1.61. The monoisotopic (exact) mass is 404 g/mol. The largest absolute Gasteiger partial charge is 0.496 e. The Labute approximate surface area is 165 Å². The smallest absolute Gasteiger partial charge is 0.263 e. The number of benzene rings is 1. The van der Waals surface area contributed by atoms with Crippen molar-refractivity contribution in [2.75, 3.05) is 21.3 Å². The van der Waals surface area contributed by atoms with Crippen molar-refractivity contribution in [1.82, 2.24) is 10.3 Å². The van der Waals surface area contributed by atoms with Crippen LogP contribution in [0.15, 0.2) is 29.6 Å². The van der Waals surface area contributed by atoms with Crippen LogP contribution >= 0.6 is 22.7 Å². The van der Waals surface area contributed by atoms with Crippen molar-refractivity contribution in [3.8, 4) is 27.1 Å². The first-order valence-corrected chi connectivity index (χ1v) is 9.85. The zero-order valence-electron chi connectivity index (χ0n) is 15.5. The highest BCUT2D eigenvalue weighted by Gasteiger charge is 2.18. The summed E-state index contributed by atoms with van der Waals surface area (Å²) in [6.45, 7) is 2.15. The van der Waals surface area contributed by atoms with Crippen molar-refractivity contribution in [3.63, 3.8) is 0 Å². The number of aryl methyl sites for hydroxylation is 1. The fourth-order valence-corrected chi connectivity index (χ4v) is 4.38. The fourth-order valence-electron chi connectivity index (χ4n) is 2.60. The van der Waals surface area contributed by atoms with E-state index in [1.807, 2.05) is 24.4 Å². The molecule has 0 atom stereocenters. The average molecular weight is 405 g/mol. The molecule has 0 saturated carbocycles. The summed E-state index contributed by atoms with van der Waals surface area (Å²) in [4.78, 5) is 18.9. The lowest BCUT2D eigenvalue weighted by molar-refractivity contribution is 0.0954. The molecule has 1 N–H and O–H groups in total. The van der Waals surface area contributed by atoms with Gasteiger partial charge in [-0.05, 0) is 24.4 Å². The van der Waals surface area contributed by atoms with Gasteiger partial charge in [-0.15, -0.1) is 22.7 Å². The molecule has 2 heterocycles. The van der Waals surface area contributed by atoms with Gasteiger partial charge in [-0.1, -0.05) is 6.07 Å². The lowest BCUT2D eigenvalue weighted by Gasteiger charge is -2.14. The van der Waals surface area contributed by atoms with E-state index in [0.29, 0.717) is 28.7 Å². The molecule has 27 heavy (non-hydrogen) atoms. The second kappa shape index (κ2) is 8.41. The molecule has 0 aliphatic heterocycles. The van der Waals surface area contributed by atoms with Crippen molar-refractivity contribution in [2.24, 2.45) is 0 Å². The summed E-state index contributed by atoms with van der Waals surface area (Å²) in [7, 11) is 4.71. The van der Waals surface area contributed by atoms with Crippen LogP contribution in [0, 0.1) is 6.92 Å². The molecule has 0 radical (unpaired) electrons. The first-order chi connectivity index (χ1) is 13.1. The number of thiophene rings is 1. The van der Waals surface area contributed by atoms with Crippen molar-refractivity contribution in [2.45, 2.75) is 13.5 Å². The number of carbonyl (C=O) groups is 1.